The lowest BCUT2D eigenvalue weighted by Crippen LogP contribution is -2.39. The van der Waals surface area contributed by atoms with Gasteiger partial charge in [-0.15, -0.1) is 11.6 Å². The van der Waals surface area contributed by atoms with Crippen molar-refractivity contribution in [2.75, 3.05) is 13.1 Å². The van der Waals surface area contributed by atoms with E-state index in [1.165, 1.54) is 17.4 Å². The van der Waals surface area contributed by atoms with Crippen LogP contribution in [-0.4, -0.2) is 28.4 Å². The fraction of sp³-hybridized carbons (Fsp3) is 0.438. The van der Waals surface area contributed by atoms with Gasteiger partial charge >= 0.3 is 0 Å². The van der Waals surface area contributed by atoms with Crippen molar-refractivity contribution in [3.05, 3.63) is 42.1 Å². The lowest BCUT2D eigenvalue weighted by atomic mass is 9.98. The van der Waals surface area contributed by atoms with Crippen LogP contribution < -0.4 is 0 Å². The van der Waals surface area contributed by atoms with Crippen molar-refractivity contribution >= 4 is 22.5 Å². The van der Waals surface area contributed by atoms with Crippen LogP contribution in [-0.2, 0) is 6.54 Å². The number of piperidine rings is 1. The minimum absolute atomic E-state index is 0.288. The third-order valence-corrected chi connectivity index (χ3v) is 4.59. The summed E-state index contributed by atoms with van der Waals surface area (Å²) in [5.74, 6) is 0.638. The number of hydrogen-bond donors (Lipinski definition) is 0. The molecule has 3 heteroatoms. The fourth-order valence-electron chi connectivity index (χ4n) is 2.71. The molecule has 0 spiro atoms. The lowest BCUT2D eigenvalue weighted by Gasteiger charge is -2.33. The van der Waals surface area contributed by atoms with Gasteiger partial charge in [0.15, 0.2) is 0 Å². The van der Waals surface area contributed by atoms with Crippen LogP contribution in [0.5, 0.6) is 0 Å². The molecule has 2 unspecified atom stereocenters. The molecule has 0 radical (unpaired) electrons. The smallest absolute Gasteiger partial charge is 0.0702 e. The van der Waals surface area contributed by atoms with Crippen LogP contribution in [0.2, 0.25) is 0 Å². The monoisotopic (exact) mass is 274 g/mol. The molecule has 0 amide bonds. The number of halogens is 1. The van der Waals surface area contributed by atoms with Gasteiger partial charge < -0.3 is 0 Å². The molecular weight excluding hydrogens is 256 g/mol. The first-order valence-corrected chi connectivity index (χ1v) is 7.36. The second kappa shape index (κ2) is 5.48. The molecule has 3 rings (SSSR count). The highest BCUT2D eigenvalue weighted by molar-refractivity contribution is 6.21. The number of benzene rings is 1. The van der Waals surface area contributed by atoms with Crippen LogP contribution in [0.15, 0.2) is 36.5 Å². The summed E-state index contributed by atoms with van der Waals surface area (Å²) < 4.78 is 0. The molecule has 2 heterocycles. The van der Waals surface area contributed by atoms with Crippen molar-refractivity contribution in [1.82, 2.24) is 9.88 Å². The summed E-state index contributed by atoms with van der Waals surface area (Å²) in [5.41, 5.74) is 2.41. The Kier molecular flexibility index (Phi) is 3.72. The first-order chi connectivity index (χ1) is 9.22. The van der Waals surface area contributed by atoms with E-state index in [1.807, 2.05) is 12.3 Å². The Balaban J connectivity index is 1.74. The van der Waals surface area contributed by atoms with Gasteiger partial charge in [-0.2, -0.15) is 0 Å². The summed E-state index contributed by atoms with van der Waals surface area (Å²) in [5, 5.41) is 1.50. The van der Waals surface area contributed by atoms with Gasteiger partial charge in [0, 0.05) is 30.0 Å². The number of alkyl halides is 1. The number of fused-ring (bicyclic) bond motifs is 1. The molecule has 1 aliphatic heterocycles. The summed E-state index contributed by atoms with van der Waals surface area (Å²) in [6.45, 7) is 5.38. The molecule has 1 aromatic heterocycles. The summed E-state index contributed by atoms with van der Waals surface area (Å²) >= 11 is 6.37. The standard InChI is InChI=1S/C16H19ClN2/c1-12-6-8-19(11-15(12)17)10-13-4-5-16-14(9-13)3-2-7-18-16/h2-5,7,9,12,15H,6,8,10-11H2,1H3. The molecule has 1 fully saturated rings. The van der Waals surface area contributed by atoms with E-state index in [0.29, 0.717) is 5.92 Å². The van der Waals surface area contributed by atoms with Crippen LogP contribution in [0.3, 0.4) is 0 Å². The molecule has 2 atom stereocenters. The minimum Gasteiger partial charge on any atom is -0.298 e. The van der Waals surface area contributed by atoms with Gasteiger partial charge in [0.2, 0.25) is 0 Å². The Labute approximate surface area is 119 Å². The van der Waals surface area contributed by atoms with Gasteiger partial charge in [-0.25, -0.2) is 0 Å². The number of hydrogen-bond acceptors (Lipinski definition) is 2. The molecule has 2 aromatic rings. The molecule has 1 aliphatic rings. The highest BCUT2D eigenvalue weighted by Crippen LogP contribution is 2.23. The molecule has 0 bridgehead atoms. The number of likely N-dealkylation sites (tertiary alicyclic amines) is 1. The topological polar surface area (TPSA) is 16.1 Å². The second-order valence-corrected chi connectivity index (χ2v) is 6.11. The molecule has 1 saturated heterocycles. The van der Waals surface area contributed by atoms with Crippen LogP contribution in [0, 0.1) is 5.92 Å². The Morgan fingerprint density at radius 2 is 2.26 bits per heavy atom. The Morgan fingerprint density at radius 1 is 1.37 bits per heavy atom. The van der Waals surface area contributed by atoms with Crippen LogP contribution in [0.1, 0.15) is 18.9 Å². The Hall–Kier alpha value is -1.12. The molecule has 1 aromatic carbocycles. The predicted molar refractivity (Wildman–Crippen MR) is 80.4 cm³/mol. The van der Waals surface area contributed by atoms with E-state index in [9.17, 15) is 0 Å². The van der Waals surface area contributed by atoms with E-state index in [2.05, 4.69) is 41.1 Å². The first-order valence-electron chi connectivity index (χ1n) is 6.92. The maximum absolute atomic E-state index is 6.37. The number of aromatic nitrogens is 1. The van der Waals surface area contributed by atoms with Gasteiger partial charge in [-0.05, 0) is 42.6 Å². The van der Waals surface area contributed by atoms with E-state index in [0.717, 1.165) is 25.2 Å². The van der Waals surface area contributed by atoms with Gasteiger partial charge in [-0.3, -0.25) is 9.88 Å². The maximum Gasteiger partial charge on any atom is 0.0702 e. The van der Waals surface area contributed by atoms with Crippen molar-refractivity contribution in [1.29, 1.82) is 0 Å². The zero-order chi connectivity index (χ0) is 13.2. The highest BCUT2D eigenvalue weighted by Gasteiger charge is 2.24. The Bertz CT molecular complexity index is 569. The SMILES string of the molecule is CC1CCN(Cc2ccc3ncccc3c2)CC1Cl. The zero-order valence-corrected chi connectivity index (χ0v) is 12.0. The molecule has 2 nitrogen and oxygen atoms in total. The van der Waals surface area contributed by atoms with E-state index in [-0.39, 0.29) is 5.38 Å². The van der Waals surface area contributed by atoms with Gasteiger partial charge in [0.1, 0.15) is 0 Å². The van der Waals surface area contributed by atoms with Crippen molar-refractivity contribution in [3.63, 3.8) is 0 Å². The predicted octanol–water partition coefficient (Wildman–Crippen LogP) is 3.68. The Morgan fingerprint density at radius 3 is 3.11 bits per heavy atom. The summed E-state index contributed by atoms with van der Waals surface area (Å²) in [6.07, 6.45) is 3.04. The summed E-state index contributed by atoms with van der Waals surface area (Å²) in [4.78, 5) is 6.81. The van der Waals surface area contributed by atoms with Gasteiger partial charge in [0.05, 0.1) is 5.52 Å². The van der Waals surface area contributed by atoms with Gasteiger partial charge in [-0.1, -0.05) is 19.1 Å². The van der Waals surface area contributed by atoms with Gasteiger partial charge in [0.25, 0.3) is 0 Å². The van der Waals surface area contributed by atoms with Crippen LogP contribution in [0.4, 0.5) is 0 Å². The zero-order valence-electron chi connectivity index (χ0n) is 11.2. The lowest BCUT2D eigenvalue weighted by molar-refractivity contribution is 0.189. The van der Waals surface area contributed by atoms with Crippen LogP contribution >= 0.6 is 11.6 Å². The third kappa shape index (κ3) is 2.90. The molecule has 0 aliphatic carbocycles. The minimum atomic E-state index is 0.288. The van der Waals surface area contributed by atoms with Crippen molar-refractivity contribution in [3.8, 4) is 0 Å². The van der Waals surface area contributed by atoms with Crippen molar-refractivity contribution in [2.45, 2.75) is 25.3 Å². The number of rotatable bonds is 2. The van der Waals surface area contributed by atoms with Crippen LogP contribution in [0.25, 0.3) is 10.9 Å². The maximum atomic E-state index is 6.37. The van der Waals surface area contributed by atoms with E-state index >= 15 is 0 Å². The quantitative estimate of drug-likeness (QED) is 0.777. The molecule has 19 heavy (non-hydrogen) atoms. The highest BCUT2D eigenvalue weighted by atomic mass is 35.5. The summed E-state index contributed by atoms with van der Waals surface area (Å²) in [6, 6.07) is 10.6. The molecular formula is C16H19ClN2. The largest absolute Gasteiger partial charge is 0.298 e. The van der Waals surface area contributed by atoms with E-state index in [1.54, 1.807) is 0 Å². The van der Waals surface area contributed by atoms with Crippen molar-refractivity contribution in [2.24, 2.45) is 5.92 Å². The first kappa shape index (κ1) is 12.9. The average Bonchev–Trinajstić information content (AvgIpc) is 2.43. The molecule has 0 saturated carbocycles. The third-order valence-electron chi connectivity index (χ3n) is 4.02. The molecule has 0 N–H and O–H groups in total. The number of nitrogens with zero attached hydrogens (tertiary/aromatic N) is 2. The van der Waals surface area contributed by atoms with E-state index < -0.39 is 0 Å². The molecule has 100 valence electrons. The second-order valence-electron chi connectivity index (χ2n) is 5.55. The normalized spacial score (nSPS) is 24.7. The average molecular weight is 275 g/mol. The number of pyridine rings is 1. The fourth-order valence-corrected chi connectivity index (χ4v) is 3.03. The summed E-state index contributed by atoms with van der Waals surface area (Å²) in [7, 11) is 0. The van der Waals surface area contributed by atoms with E-state index in [4.69, 9.17) is 11.6 Å². The van der Waals surface area contributed by atoms with Crippen molar-refractivity contribution < 1.29 is 0 Å².